The van der Waals surface area contributed by atoms with Crippen molar-refractivity contribution < 1.29 is 9.90 Å². The van der Waals surface area contributed by atoms with E-state index >= 15 is 0 Å². The maximum atomic E-state index is 11.3. The first-order valence-corrected chi connectivity index (χ1v) is 5.44. The minimum absolute atomic E-state index is 0.480. The Morgan fingerprint density at radius 1 is 1.47 bits per heavy atom. The molecule has 1 aromatic heterocycles. The lowest BCUT2D eigenvalue weighted by atomic mass is 9.83. The summed E-state index contributed by atoms with van der Waals surface area (Å²) in [7, 11) is 0. The number of carbonyl (C=O) groups is 1. The van der Waals surface area contributed by atoms with E-state index in [4.69, 9.17) is 0 Å². The molecule has 15 heavy (non-hydrogen) atoms. The second-order valence-electron chi connectivity index (χ2n) is 4.31. The van der Waals surface area contributed by atoms with Gasteiger partial charge in [-0.1, -0.05) is 12.8 Å². The fourth-order valence-electron chi connectivity index (χ4n) is 2.38. The number of rotatable bonds is 4. The maximum absolute atomic E-state index is 11.3. The van der Waals surface area contributed by atoms with Gasteiger partial charge in [0.25, 0.3) is 0 Å². The Hall–Kier alpha value is -1.32. The average Bonchev–Trinajstić information content (AvgIpc) is 2.87. The molecule has 0 atom stereocenters. The Morgan fingerprint density at radius 2 is 2.20 bits per heavy atom. The zero-order valence-corrected chi connectivity index (χ0v) is 8.72. The fraction of sp³-hybridized carbons (Fsp3) is 0.636. The number of aromatic nitrogens is 2. The number of hydrogen-bond donors (Lipinski definition) is 1. The lowest BCUT2D eigenvalue weighted by Crippen LogP contribution is -2.29. The molecular weight excluding hydrogens is 192 g/mol. The highest BCUT2D eigenvalue weighted by Gasteiger charge is 2.40. The highest BCUT2D eigenvalue weighted by Crippen LogP contribution is 2.41. The van der Waals surface area contributed by atoms with Crippen LogP contribution in [0.15, 0.2) is 18.5 Å². The largest absolute Gasteiger partial charge is 0.481 e. The maximum Gasteiger partial charge on any atom is 0.309 e. The average molecular weight is 208 g/mol. The first kappa shape index (κ1) is 10.2. The third-order valence-electron chi connectivity index (χ3n) is 3.39. The minimum Gasteiger partial charge on any atom is -0.481 e. The fourth-order valence-corrected chi connectivity index (χ4v) is 2.38. The van der Waals surface area contributed by atoms with E-state index in [-0.39, 0.29) is 0 Å². The third-order valence-corrected chi connectivity index (χ3v) is 3.39. The summed E-state index contributed by atoms with van der Waals surface area (Å²) >= 11 is 0. The van der Waals surface area contributed by atoms with Gasteiger partial charge in [-0.05, 0) is 25.3 Å². The lowest BCUT2D eigenvalue weighted by Gasteiger charge is -2.23. The van der Waals surface area contributed by atoms with Gasteiger partial charge >= 0.3 is 5.97 Å². The van der Waals surface area contributed by atoms with Crippen molar-refractivity contribution in [1.82, 2.24) is 9.78 Å². The Balaban J connectivity index is 1.99. The molecule has 0 amide bonds. The van der Waals surface area contributed by atoms with Gasteiger partial charge in [0.1, 0.15) is 0 Å². The van der Waals surface area contributed by atoms with Crippen molar-refractivity contribution in [2.24, 2.45) is 5.41 Å². The van der Waals surface area contributed by atoms with E-state index in [0.29, 0.717) is 13.0 Å². The molecule has 1 aliphatic carbocycles. The van der Waals surface area contributed by atoms with Crippen LogP contribution in [0.25, 0.3) is 0 Å². The second-order valence-corrected chi connectivity index (χ2v) is 4.31. The van der Waals surface area contributed by atoms with Crippen LogP contribution in [-0.4, -0.2) is 20.9 Å². The Bertz CT molecular complexity index is 326. The predicted octanol–water partition coefficient (Wildman–Crippen LogP) is 1.92. The standard InChI is InChI=1S/C11H16N2O2/c14-10(15)11(4-1-2-5-11)6-9-13-8-3-7-12-13/h3,7-8H,1-2,4-6,9H2,(H,14,15). The molecular formula is C11H16N2O2. The molecule has 1 aliphatic rings. The minimum atomic E-state index is -0.632. The number of aryl methyl sites for hydroxylation is 1. The molecule has 0 bridgehead atoms. The Kier molecular flexibility index (Phi) is 2.75. The van der Waals surface area contributed by atoms with Gasteiger partial charge in [-0.25, -0.2) is 0 Å². The van der Waals surface area contributed by atoms with E-state index in [9.17, 15) is 9.90 Å². The van der Waals surface area contributed by atoms with E-state index in [0.717, 1.165) is 25.7 Å². The molecule has 0 radical (unpaired) electrons. The van der Waals surface area contributed by atoms with Crippen LogP contribution in [0.1, 0.15) is 32.1 Å². The van der Waals surface area contributed by atoms with Crippen molar-refractivity contribution >= 4 is 5.97 Å². The number of carboxylic acids is 1. The van der Waals surface area contributed by atoms with E-state index < -0.39 is 11.4 Å². The molecule has 4 nitrogen and oxygen atoms in total. The summed E-state index contributed by atoms with van der Waals surface area (Å²) in [4.78, 5) is 11.3. The molecule has 1 aromatic rings. The molecule has 2 rings (SSSR count). The van der Waals surface area contributed by atoms with Crippen LogP contribution in [0.2, 0.25) is 0 Å². The second kappa shape index (κ2) is 4.04. The van der Waals surface area contributed by atoms with Crippen LogP contribution in [0.4, 0.5) is 0 Å². The van der Waals surface area contributed by atoms with Gasteiger partial charge in [0.15, 0.2) is 0 Å². The molecule has 1 heterocycles. The van der Waals surface area contributed by atoms with Crippen LogP contribution in [0.5, 0.6) is 0 Å². The number of carboxylic acid groups (broad SMARTS) is 1. The van der Waals surface area contributed by atoms with Crippen LogP contribution in [0.3, 0.4) is 0 Å². The van der Waals surface area contributed by atoms with E-state index in [1.165, 1.54) is 0 Å². The van der Waals surface area contributed by atoms with Crippen LogP contribution >= 0.6 is 0 Å². The smallest absolute Gasteiger partial charge is 0.309 e. The summed E-state index contributed by atoms with van der Waals surface area (Å²) in [5, 5.41) is 13.4. The van der Waals surface area contributed by atoms with Crippen molar-refractivity contribution in [3.05, 3.63) is 18.5 Å². The first-order valence-electron chi connectivity index (χ1n) is 5.44. The predicted molar refractivity (Wildman–Crippen MR) is 55.4 cm³/mol. The van der Waals surface area contributed by atoms with E-state index in [1.807, 2.05) is 16.9 Å². The first-order chi connectivity index (χ1) is 7.23. The molecule has 82 valence electrons. The highest BCUT2D eigenvalue weighted by molar-refractivity contribution is 5.74. The number of aliphatic carboxylic acids is 1. The summed E-state index contributed by atoms with van der Waals surface area (Å²) in [6, 6.07) is 1.86. The SMILES string of the molecule is O=C(O)C1(CCn2cccn2)CCCC1. The molecule has 1 N–H and O–H groups in total. The van der Waals surface area contributed by atoms with Gasteiger partial charge in [-0.2, -0.15) is 5.10 Å². The van der Waals surface area contributed by atoms with Gasteiger partial charge < -0.3 is 5.11 Å². The van der Waals surface area contributed by atoms with Gasteiger partial charge in [-0.15, -0.1) is 0 Å². The van der Waals surface area contributed by atoms with Crippen LogP contribution in [-0.2, 0) is 11.3 Å². The zero-order valence-electron chi connectivity index (χ0n) is 8.72. The normalized spacial score (nSPS) is 19.2. The summed E-state index contributed by atoms with van der Waals surface area (Å²) in [5.41, 5.74) is -0.480. The molecule has 0 unspecified atom stereocenters. The molecule has 0 aromatic carbocycles. The van der Waals surface area contributed by atoms with Gasteiger partial charge in [0.05, 0.1) is 5.41 Å². The van der Waals surface area contributed by atoms with E-state index in [1.54, 1.807) is 6.20 Å². The highest BCUT2D eigenvalue weighted by atomic mass is 16.4. The molecule has 0 saturated heterocycles. The number of hydrogen-bond acceptors (Lipinski definition) is 2. The van der Waals surface area contributed by atoms with Gasteiger partial charge in [-0.3, -0.25) is 9.48 Å². The summed E-state index contributed by atoms with van der Waals surface area (Å²) < 4.78 is 1.81. The molecule has 0 aliphatic heterocycles. The van der Waals surface area contributed by atoms with Gasteiger partial charge in [0.2, 0.25) is 0 Å². The van der Waals surface area contributed by atoms with E-state index in [2.05, 4.69) is 5.10 Å². The summed E-state index contributed by atoms with van der Waals surface area (Å²) in [5.74, 6) is -0.632. The number of nitrogens with zero attached hydrogens (tertiary/aromatic N) is 2. The molecule has 0 spiro atoms. The molecule has 1 saturated carbocycles. The summed E-state index contributed by atoms with van der Waals surface area (Å²) in [6.07, 6.45) is 8.04. The van der Waals surface area contributed by atoms with Crippen LogP contribution < -0.4 is 0 Å². The Labute approximate surface area is 88.9 Å². The van der Waals surface area contributed by atoms with Crippen LogP contribution in [0, 0.1) is 5.41 Å². The topological polar surface area (TPSA) is 55.1 Å². The third kappa shape index (κ3) is 2.03. The van der Waals surface area contributed by atoms with Gasteiger partial charge in [0, 0.05) is 18.9 Å². The van der Waals surface area contributed by atoms with Crippen molar-refractivity contribution in [2.75, 3.05) is 0 Å². The Morgan fingerprint density at radius 3 is 2.73 bits per heavy atom. The molecule has 1 fully saturated rings. The summed E-state index contributed by atoms with van der Waals surface area (Å²) in [6.45, 7) is 0.708. The monoisotopic (exact) mass is 208 g/mol. The van der Waals surface area contributed by atoms with Crippen molar-refractivity contribution in [3.63, 3.8) is 0 Å². The zero-order chi connectivity index (χ0) is 10.7. The lowest BCUT2D eigenvalue weighted by molar-refractivity contribution is -0.149. The van der Waals surface area contributed by atoms with Crippen molar-refractivity contribution in [3.8, 4) is 0 Å². The quantitative estimate of drug-likeness (QED) is 0.822. The van der Waals surface area contributed by atoms with Crippen molar-refractivity contribution in [2.45, 2.75) is 38.6 Å². The van der Waals surface area contributed by atoms with Crippen molar-refractivity contribution in [1.29, 1.82) is 0 Å². The molecule has 4 heteroatoms.